The largest absolute Gasteiger partial charge is 0.396 e. The number of nitrogens with zero attached hydrogens (tertiary/aromatic N) is 14. The number of aryl methyl sites for hydroxylation is 3. The highest BCUT2D eigenvalue weighted by molar-refractivity contribution is 9.11. The van der Waals surface area contributed by atoms with Crippen molar-refractivity contribution in [2.45, 2.75) is 27.7 Å². The minimum Gasteiger partial charge on any atom is -0.396 e. The van der Waals surface area contributed by atoms with Gasteiger partial charge in [0.05, 0.1) is 28.2 Å². The predicted octanol–water partition coefficient (Wildman–Crippen LogP) is 14.9. The van der Waals surface area contributed by atoms with E-state index >= 15 is 0 Å². The molecular weight excluding hydrogens is 1440 g/mol. The third-order valence-corrected chi connectivity index (χ3v) is 14.9. The molecule has 13 aromatic rings. The zero-order chi connectivity index (χ0) is 69.5. The number of benzene rings is 8. The summed E-state index contributed by atoms with van der Waals surface area (Å²) in [7, 11) is 0. The van der Waals surface area contributed by atoms with Gasteiger partial charge in [0.1, 0.15) is 99.5 Å². The normalized spacial score (nSPS) is 10.4. The molecule has 0 saturated heterocycles. The fourth-order valence-electron chi connectivity index (χ4n) is 8.84. The van der Waals surface area contributed by atoms with Crippen molar-refractivity contribution in [3.63, 3.8) is 0 Å². The van der Waals surface area contributed by atoms with Gasteiger partial charge in [0, 0.05) is 74.5 Å². The lowest BCUT2D eigenvalue weighted by Crippen LogP contribution is -2.03. The molecule has 29 heteroatoms. The van der Waals surface area contributed by atoms with Crippen molar-refractivity contribution in [2.24, 2.45) is 0 Å². The molecule has 10 N–H and O–H groups in total. The zero-order valence-electron chi connectivity index (χ0n) is 50.5. The fraction of sp³-hybridized carbons (Fsp3) is 0.0597. The van der Waals surface area contributed by atoms with Gasteiger partial charge in [-0.25, -0.2) is 66.2 Å². The fourth-order valence-corrected chi connectivity index (χ4v) is 10.1. The number of carbonyl (C=O) groups excluding carboxylic acids is 1. The number of para-hydroxylation sites is 1. The summed E-state index contributed by atoms with van der Waals surface area (Å²) < 4.78 is 82.2. The number of halogens is 9. The number of carbonyl (C=O) groups is 1. The molecule has 0 amide bonds. The quantitative estimate of drug-likeness (QED) is 0.0607. The number of aromatic nitrogens is 12. The molecule has 5 aromatic heterocycles. The maximum absolute atomic E-state index is 14.5. The van der Waals surface area contributed by atoms with Gasteiger partial charge in [-0.2, -0.15) is 10.5 Å². The summed E-state index contributed by atoms with van der Waals surface area (Å²) in [5.41, 5.74) is 35.2. The van der Waals surface area contributed by atoms with E-state index < -0.39 is 29.1 Å². The number of nitrogen functional groups attached to an aromatic ring is 5. The summed E-state index contributed by atoms with van der Waals surface area (Å²) in [5, 5.41) is 34.8. The summed E-state index contributed by atoms with van der Waals surface area (Å²) in [5.74, 6) is -3.04. The number of anilines is 5. The Bertz CT molecular complexity index is 4980. The van der Waals surface area contributed by atoms with Crippen LogP contribution in [0.1, 0.15) is 45.5 Å². The second kappa shape index (κ2) is 31.9. The Morgan fingerprint density at radius 3 is 1.21 bits per heavy atom. The van der Waals surface area contributed by atoms with Gasteiger partial charge in [-0.3, -0.25) is 4.79 Å². The minimum atomic E-state index is -0.574. The van der Waals surface area contributed by atoms with Gasteiger partial charge in [-0.05, 0) is 100 Å². The smallest absolute Gasteiger partial charge is 0.240 e. The average Bonchev–Trinajstić information content (AvgIpc) is 0.787. The van der Waals surface area contributed by atoms with Crippen LogP contribution < -0.4 is 28.7 Å². The molecule has 5 heterocycles. The molecule has 0 unspecified atom stereocenters. The van der Waals surface area contributed by atoms with Gasteiger partial charge in [0.15, 0.2) is 11.6 Å². The van der Waals surface area contributed by atoms with Gasteiger partial charge in [0.25, 0.3) is 0 Å². The molecule has 0 fully saturated rings. The van der Waals surface area contributed by atoms with Crippen molar-refractivity contribution in [1.29, 1.82) is 10.5 Å². The Morgan fingerprint density at radius 2 is 0.781 bits per heavy atom. The Hall–Kier alpha value is -11.5. The van der Waals surface area contributed by atoms with Crippen LogP contribution in [0, 0.1) is 78.3 Å². The standard InChI is InChI=1S/2C18H13FN6.C9H6BrFN2.C8H7BrFNO.C7H4BrFN2.C7H5FN2/c2*1-10-13-7-12(8-14(19)17(13)22-9-21-10)16-15(23-18(20)25-24-16)11-5-3-2-4-6-11;1-5-7-2-6(10)3-8(11)9(7)13-4-12-5;1-4(12)6-2-5(9)3-7(10)8(6)11;8-5-1-4(3-10)7(11)6(9)2-5;8-6-3-1-2-5(4-9)7(6)10/h2*2-9H,1H3,(H2,20,23,25);2-4H,1H3;2-3H,11H2,1H3;1-2H,11H2;1-3H,10H2. The van der Waals surface area contributed by atoms with Crippen LogP contribution in [0.15, 0.2) is 172 Å². The summed E-state index contributed by atoms with van der Waals surface area (Å²) in [6, 6.07) is 41.6. The van der Waals surface area contributed by atoms with Crippen LogP contribution in [0.2, 0.25) is 0 Å². The maximum Gasteiger partial charge on any atom is 0.240 e. The molecule has 0 bridgehead atoms. The van der Waals surface area contributed by atoms with E-state index in [-0.39, 0.29) is 68.3 Å². The maximum atomic E-state index is 14.5. The molecule has 0 atom stereocenters. The van der Waals surface area contributed by atoms with Crippen molar-refractivity contribution in [2.75, 3.05) is 28.7 Å². The summed E-state index contributed by atoms with van der Waals surface area (Å²) in [6.07, 6.45) is 4.06. The third-order valence-electron chi connectivity index (χ3n) is 13.5. The number of nitrogens with two attached hydrogens (primary N) is 5. The van der Waals surface area contributed by atoms with E-state index in [9.17, 15) is 31.1 Å². The summed E-state index contributed by atoms with van der Waals surface area (Å²) >= 11 is 9.33. The van der Waals surface area contributed by atoms with Crippen LogP contribution in [0.5, 0.6) is 0 Å². The molecule has 0 saturated carbocycles. The van der Waals surface area contributed by atoms with Crippen molar-refractivity contribution in [3.8, 4) is 57.2 Å². The minimum absolute atomic E-state index is 0.0587. The van der Waals surface area contributed by atoms with Gasteiger partial charge < -0.3 is 28.7 Å². The van der Waals surface area contributed by atoms with E-state index in [2.05, 4.69) is 108 Å². The van der Waals surface area contributed by atoms with Crippen LogP contribution in [0.25, 0.3) is 77.7 Å². The van der Waals surface area contributed by atoms with Crippen molar-refractivity contribution in [3.05, 3.63) is 241 Å². The second-order valence-electron chi connectivity index (χ2n) is 20.0. The van der Waals surface area contributed by atoms with E-state index in [1.807, 2.05) is 73.7 Å². The molecule has 0 spiro atoms. The molecule has 0 aliphatic heterocycles. The SMILES string of the molecule is CC(=O)c1cc(Br)cc(F)c1N.Cc1ncnc2c(F)cc(-c3nnc(N)nc3-c3ccccc3)cc12.Cc1ncnc2c(F)cc(-c3nnc(N)nc3-c3ccccc3)cc12.Cc1ncnc2c(F)cc(Br)cc12.N#Cc1cc(Br)cc(F)c1N.N#Cc1cccc(F)c1N. The second-order valence-corrected chi connectivity index (χ2v) is 22.8. The summed E-state index contributed by atoms with van der Waals surface area (Å²) in [6.45, 7) is 6.78. The lowest BCUT2D eigenvalue weighted by atomic mass is 10.0. The van der Waals surface area contributed by atoms with E-state index in [0.29, 0.717) is 75.0 Å². The van der Waals surface area contributed by atoms with Crippen molar-refractivity contribution in [1.82, 2.24) is 60.3 Å². The monoisotopic (exact) mass is 1490 g/mol. The molecule has 20 nitrogen and oxygen atoms in total. The number of rotatable bonds is 5. The lowest BCUT2D eigenvalue weighted by Gasteiger charge is -2.10. The van der Waals surface area contributed by atoms with Crippen LogP contribution >= 0.6 is 47.8 Å². The highest BCUT2D eigenvalue weighted by Gasteiger charge is 2.19. The molecule has 0 radical (unpaired) electrons. The first kappa shape index (κ1) is 70.3. The molecule has 0 aliphatic carbocycles. The highest BCUT2D eigenvalue weighted by atomic mass is 79.9. The first-order chi connectivity index (χ1) is 45.9. The Balaban J connectivity index is 0.000000154. The number of hydrogen-bond donors (Lipinski definition) is 5. The van der Waals surface area contributed by atoms with Gasteiger partial charge in [-0.15, -0.1) is 20.4 Å². The Morgan fingerprint density at radius 1 is 0.396 bits per heavy atom. The number of nitriles is 2. The van der Waals surface area contributed by atoms with Crippen LogP contribution in [0.3, 0.4) is 0 Å². The number of hydrogen-bond acceptors (Lipinski definition) is 20. The predicted molar refractivity (Wildman–Crippen MR) is 365 cm³/mol. The van der Waals surface area contributed by atoms with E-state index in [0.717, 1.165) is 22.2 Å². The molecule has 0 aliphatic rings. The number of ketones is 1. The third kappa shape index (κ3) is 17.2. The number of fused-ring (bicyclic) bond motifs is 3. The van der Waals surface area contributed by atoms with E-state index in [4.69, 9.17) is 39.2 Å². The zero-order valence-corrected chi connectivity index (χ0v) is 55.2. The van der Waals surface area contributed by atoms with Crippen LogP contribution in [-0.4, -0.2) is 66.0 Å². The van der Waals surface area contributed by atoms with Gasteiger partial charge in [0.2, 0.25) is 11.9 Å². The van der Waals surface area contributed by atoms with Crippen LogP contribution in [-0.2, 0) is 0 Å². The molecule has 480 valence electrons. The summed E-state index contributed by atoms with van der Waals surface area (Å²) in [4.78, 5) is 43.7. The Kier molecular flexibility index (Phi) is 23.4. The Labute approximate surface area is 567 Å². The van der Waals surface area contributed by atoms with E-state index in [1.165, 1.54) is 86.6 Å². The van der Waals surface area contributed by atoms with Gasteiger partial charge >= 0.3 is 0 Å². The molecule has 96 heavy (non-hydrogen) atoms. The molecule has 13 rings (SSSR count). The first-order valence-electron chi connectivity index (χ1n) is 27.7. The topological polar surface area (TPSA) is 349 Å². The molecule has 8 aromatic carbocycles. The van der Waals surface area contributed by atoms with Crippen molar-refractivity contribution < 1.29 is 31.1 Å². The average molecular weight is 1490 g/mol. The first-order valence-corrected chi connectivity index (χ1v) is 30.1. The van der Waals surface area contributed by atoms with Gasteiger partial charge in [-0.1, -0.05) is 115 Å². The highest BCUT2D eigenvalue weighted by Crippen LogP contribution is 2.35. The molecular formula is C67H48Br3F6N19O. The number of Topliss-reactive ketones (excluding diaryl/α,β-unsaturated/α-hetero) is 1. The van der Waals surface area contributed by atoms with E-state index in [1.54, 1.807) is 38.1 Å². The van der Waals surface area contributed by atoms with Crippen molar-refractivity contribution >= 4 is 115 Å². The van der Waals surface area contributed by atoms with Crippen LogP contribution in [0.4, 0.5) is 55.3 Å². The lowest BCUT2D eigenvalue weighted by molar-refractivity contribution is 0.101.